The molecule has 0 spiro atoms. The molecule has 0 aromatic carbocycles. The molecular formula is C8H14O3. The van der Waals surface area contributed by atoms with Gasteiger partial charge in [0.05, 0.1) is 18.3 Å². The Morgan fingerprint density at radius 1 is 1.45 bits per heavy atom. The van der Waals surface area contributed by atoms with Crippen molar-refractivity contribution >= 4 is 0 Å². The van der Waals surface area contributed by atoms with Gasteiger partial charge in [0.15, 0.2) is 0 Å². The molecule has 0 aliphatic carbocycles. The molecule has 2 aliphatic rings. The van der Waals surface area contributed by atoms with Crippen molar-refractivity contribution in [1.29, 1.82) is 0 Å². The van der Waals surface area contributed by atoms with Gasteiger partial charge in [-0.15, -0.1) is 0 Å². The predicted molar refractivity (Wildman–Crippen MR) is 39.1 cm³/mol. The summed E-state index contributed by atoms with van der Waals surface area (Å²) in [5, 5.41) is 18.1. The summed E-state index contributed by atoms with van der Waals surface area (Å²) in [5.74, 6) is 0.172. The highest BCUT2D eigenvalue weighted by Crippen LogP contribution is 2.47. The zero-order valence-electron chi connectivity index (χ0n) is 6.49. The van der Waals surface area contributed by atoms with Crippen LogP contribution in [0.15, 0.2) is 0 Å². The first kappa shape index (κ1) is 7.53. The molecular weight excluding hydrogens is 144 g/mol. The molecule has 2 saturated heterocycles. The van der Waals surface area contributed by atoms with E-state index in [0.717, 1.165) is 19.3 Å². The normalized spacial score (nSPS) is 48.5. The molecule has 0 aromatic rings. The molecule has 3 nitrogen and oxygen atoms in total. The van der Waals surface area contributed by atoms with Crippen LogP contribution in [0.2, 0.25) is 0 Å². The number of rotatable bonds is 2. The average Bonchev–Trinajstić information content (AvgIpc) is 2.60. The number of aliphatic hydroxyl groups is 2. The van der Waals surface area contributed by atoms with Crippen molar-refractivity contribution in [2.45, 2.75) is 31.0 Å². The molecule has 3 heteroatoms. The van der Waals surface area contributed by atoms with Crippen LogP contribution in [-0.4, -0.2) is 35.1 Å². The summed E-state index contributed by atoms with van der Waals surface area (Å²) in [6, 6.07) is 0. The Labute approximate surface area is 66.0 Å². The molecule has 0 aromatic heterocycles. The van der Waals surface area contributed by atoms with Crippen LogP contribution in [-0.2, 0) is 4.74 Å². The van der Waals surface area contributed by atoms with Crippen molar-refractivity contribution in [3.05, 3.63) is 0 Å². The Balaban J connectivity index is 2.15. The monoisotopic (exact) mass is 158 g/mol. The average molecular weight is 158 g/mol. The molecule has 2 aliphatic heterocycles. The second-order valence-corrected chi connectivity index (χ2v) is 3.62. The van der Waals surface area contributed by atoms with Gasteiger partial charge in [-0.3, -0.25) is 0 Å². The maximum Gasteiger partial charge on any atom is 0.0967 e. The van der Waals surface area contributed by atoms with Crippen LogP contribution in [0.4, 0.5) is 0 Å². The molecule has 2 rings (SSSR count). The molecule has 2 bridgehead atoms. The van der Waals surface area contributed by atoms with Gasteiger partial charge in [0.1, 0.15) is 0 Å². The van der Waals surface area contributed by atoms with Gasteiger partial charge in [-0.25, -0.2) is 0 Å². The maximum atomic E-state index is 9.11. The Kier molecular flexibility index (Phi) is 1.67. The van der Waals surface area contributed by atoms with Gasteiger partial charge >= 0.3 is 0 Å². The third kappa shape index (κ3) is 0.916. The Bertz CT molecular complexity index is 159. The van der Waals surface area contributed by atoms with Gasteiger partial charge in [0.25, 0.3) is 0 Å². The number of hydrogen-bond donors (Lipinski definition) is 2. The van der Waals surface area contributed by atoms with E-state index in [2.05, 4.69) is 0 Å². The largest absolute Gasteiger partial charge is 0.396 e. The van der Waals surface area contributed by atoms with Crippen LogP contribution in [0, 0.1) is 5.92 Å². The third-order valence-corrected chi connectivity index (χ3v) is 3.07. The predicted octanol–water partition coefficient (Wildman–Crippen LogP) is -0.0913. The van der Waals surface area contributed by atoms with E-state index in [9.17, 15) is 0 Å². The first-order valence-corrected chi connectivity index (χ1v) is 4.20. The van der Waals surface area contributed by atoms with E-state index in [0.29, 0.717) is 6.10 Å². The summed E-state index contributed by atoms with van der Waals surface area (Å²) in [7, 11) is 0. The second-order valence-electron chi connectivity index (χ2n) is 3.62. The topological polar surface area (TPSA) is 49.7 Å². The smallest absolute Gasteiger partial charge is 0.0967 e. The van der Waals surface area contributed by atoms with Crippen LogP contribution in [0.25, 0.3) is 0 Å². The quantitative estimate of drug-likeness (QED) is 0.590. The fraction of sp³-hybridized carbons (Fsp3) is 1.00. The van der Waals surface area contributed by atoms with E-state index in [1.54, 1.807) is 0 Å². The summed E-state index contributed by atoms with van der Waals surface area (Å²) >= 11 is 0. The van der Waals surface area contributed by atoms with Gasteiger partial charge in [-0.1, -0.05) is 0 Å². The van der Waals surface area contributed by atoms with Gasteiger partial charge in [-0.05, 0) is 19.3 Å². The van der Waals surface area contributed by atoms with Crippen molar-refractivity contribution in [2.24, 2.45) is 5.92 Å². The van der Waals surface area contributed by atoms with Gasteiger partial charge in [-0.2, -0.15) is 0 Å². The van der Waals surface area contributed by atoms with Crippen LogP contribution in [0.3, 0.4) is 0 Å². The zero-order chi connectivity index (χ0) is 7.90. The first-order valence-electron chi connectivity index (χ1n) is 4.20. The van der Waals surface area contributed by atoms with Gasteiger partial charge < -0.3 is 14.9 Å². The summed E-state index contributed by atoms with van der Waals surface area (Å²) < 4.78 is 5.60. The molecule has 0 saturated carbocycles. The van der Waals surface area contributed by atoms with Crippen LogP contribution < -0.4 is 0 Å². The van der Waals surface area contributed by atoms with Crippen molar-refractivity contribution in [3.8, 4) is 0 Å². The molecule has 0 radical (unpaired) electrons. The van der Waals surface area contributed by atoms with Crippen LogP contribution in [0.5, 0.6) is 0 Å². The van der Waals surface area contributed by atoms with Crippen molar-refractivity contribution in [2.75, 3.05) is 13.2 Å². The summed E-state index contributed by atoms with van der Waals surface area (Å²) in [4.78, 5) is 0. The molecule has 0 unspecified atom stereocenters. The number of ether oxygens (including phenoxy) is 1. The minimum Gasteiger partial charge on any atom is -0.396 e. The number of fused-ring (bicyclic) bond motifs is 2. The zero-order valence-corrected chi connectivity index (χ0v) is 6.49. The Morgan fingerprint density at radius 2 is 2.27 bits per heavy atom. The van der Waals surface area contributed by atoms with Gasteiger partial charge in [0, 0.05) is 12.5 Å². The lowest BCUT2D eigenvalue weighted by molar-refractivity contribution is -0.0581. The SMILES string of the molecule is OC[C@@H]1C[C@H]2CC[C@@]1(CO)O2. The lowest BCUT2D eigenvalue weighted by Crippen LogP contribution is -2.39. The number of hydrogen-bond acceptors (Lipinski definition) is 3. The highest BCUT2D eigenvalue weighted by molar-refractivity contribution is 5.01. The minimum atomic E-state index is -0.376. The fourth-order valence-electron chi connectivity index (χ4n) is 2.34. The van der Waals surface area contributed by atoms with E-state index in [1.807, 2.05) is 0 Å². The summed E-state index contributed by atoms with van der Waals surface area (Å²) in [5.41, 5.74) is -0.376. The molecule has 11 heavy (non-hydrogen) atoms. The highest BCUT2D eigenvalue weighted by Gasteiger charge is 2.52. The molecule has 2 heterocycles. The van der Waals surface area contributed by atoms with Crippen molar-refractivity contribution in [1.82, 2.24) is 0 Å². The lowest BCUT2D eigenvalue weighted by Gasteiger charge is -2.29. The van der Waals surface area contributed by atoms with E-state index >= 15 is 0 Å². The Morgan fingerprint density at radius 3 is 2.73 bits per heavy atom. The second kappa shape index (κ2) is 2.44. The molecule has 64 valence electrons. The standard InChI is InChI=1S/C8H14O3/c9-4-6-3-7-1-2-8(6,5-10)11-7/h6-7,9-10H,1-5H2/t6-,7+,8-/m0/s1. The number of aliphatic hydroxyl groups excluding tert-OH is 2. The van der Waals surface area contributed by atoms with E-state index in [4.69, 9.17) is 14.9 Å². The summed E-state index contributed by atoms with van der Waals surface area (Å²) in [6.07, 6.45) is 3.20. The first-order chi connectivity index (χ1) is 5.30. The lowest BCUT2D eigenvalue weighted by atomic mass is 9.79. The van der Waals surface area contributed by atoms with Crippen molar-refractivity contribution in [3.63, 3.8) is 0 Å². The minimum absolute atomic E-state index is 0.0642. The van der Waals surface area contributed by atoms with E-state index in [-0.39, 0.29) is 24.7 Å². The van der Waals surface area contributed by atoms with Crippen LogP contribution >= 0.6 is 0 Å². The van der Waals surface area contributed by atoms with Crippen LogP contribution in [0.1, 0.15) is 19.3 Å². The summed E-state index contributed by atoms with van der Waals surface area (Å²) in [6.45, 7) is 0.214. The van der Waals surface area contributed by atoms with E-state index in [1.165, 1.54) is 0 Å². The van der Waals surface area contributed by atoms with Crippen molar-refractivity contribution < 1.29 is 14.9 Å². The molecule has 2 fully saturated rings. The Hall–Kier alpha value is -0.120. The van der Waals surface area contributed by atoms with E-state index < -0.39 is 0 Å². The molecule has 2 N–H and O–H groups in total. The highest BCUT2D eigenvalue weighted by atomic mass is 16.5. The van der Waals surface area contributed by atoms with Gasteiger partial charge in [0.2, 0.25) is 0 Å². The third-order valence-electron chi connectivity index (χ3n) is 3.07. The fourth-order valence-corrected chi connectivity index (χ4v) is 2.34. The molecule has 3 atom stereocenters. The maximum absolute atomic E-state index is 9.11. The molecule has 0 amide bonds.